The molecule has 1 aromatic carbocycles. The summed E-state index contributed by atoms with van der Waals surface area (Å²) in [4.78, 5) is 14.2. The van der Waals surface area contributed by atoms with E-state index in [-0.39, 0.29) is 11.4 Å². The van der Waals surface area contributed by atoms with Crippen molar-refractivity contribution < 1.29 is 9.66 Å². The van der Waals surface area contributed by atoms with Gasteiger partial charge < -0.3 is 4.74 Å². The molecule has 0 aliphatic heterocycles. The maximum Gasteiger partial charge on any atom is 0.330 e. The average Bonchev–Trinajstić information content (AvgIpc) is 2.34. The molecule has 0 fully saturated rings. The van der Waals surface area contributed by atoms with E-state index in [1.807, 2.05) is 19.1 Å². The van der Waals surface area contributed by atoms with E-state index in [0.29, 0.717) is 10.2 Å². The van der Waals surface area contributed by atoms with Gasteiger partial charge in [-0.15, -0.1) is 0 Å². The number of hydrogen-bond donors (Lipinski definition) is 0. The van der Waals surface area contributed by atoms with E-state index in [0.717, 1.165) is 16.2 Å². The van der Waals surface area contributed by atoms with Crippen LogP contribution in [0.5, 0.6) is 11.5 Å². The maximum absolute atomic E-state index is 11.0. The topological polar surface area (TPSA) is 65.3 Å². The molecule has 5 nitrogen and oxygen atoms in total. The minimum Gasteiger partial charge on any atom is -0.448 e. The standard InChI is InChI=1S/C12H8Br2N2O3/c1-7-2-3-11(8(13)4-7)19-12-9(14)5-15-6-10(12)16(17)18/h2-6H,1H3. The lowest BCUT2D eigenvalue weighted by Crippen LogP contribution is -1.96. The summed E-state index contributed by atoms with van der Waals surface area (Å²) in [6.07, 6.45) is 2.60. The molecular formula is C12H8Br2N2O3. The van der Waals surface area contributed by atoms with Crippen molar-refractivity contribution in [3.05, 3.63) is 55.2 Å². The summed E-state index contributed by atoms with van der Waals surface area (Å²) in [6, 6.07) is 5.48. The van der Waals surface area contributed by atoms with Gasteiger partial charge in [0.05, 0.1) is 13.9 Å². The van der Waals surface area contributed by atoms with E-state index < -0.39 is 4.92 Å². The molecule has 0 bridgehead atoms. The molecule has 19 heavy (non-hydrogen) atoms. The van der Waals surface area contributed by atoms with Gasteiger partial charge in [0, 0.05) is 6.20 Å². The summed E-state index contributed by atoms with van der Waals surface area (Å²) in [5, 5.41) is 11.0. The Hall–Kier alpha value is -1.47. The van der Waals surface area contributed by atoms with Crippen LogP contribution in [0.2, 0.25) is 0 Å². The molecule has 0 radical (unpaired) electrons. The first-order chi connectivity index (χ1) is 8.99. The lowest BCUT2D eigenvalue weighted by atomic mass is 10.2. The third-order valence-electron chi connectivity index (χ3n) is 2.33. The predicted molar refractivity (Wildman–Crippen MR) is 77.5 cm³/mol. The molecule has 7 heteroatoms. The summed E-state index contributed by atoms with van der Waals surface area (Å²) < 4.78 is 6.76. The number of pyridine rings is 1. The van der Waals surface area contributed by atoms with Crippen LogP contribution in [0, 0.1) is 17.0 Å². The van der Waals surface area contributed by atoms with E-state index in [9.17, 15) is 10.1 Å². The SMILES string of the molecule is Cc1ccc(Oc2c(Br)cncc2[N+](=O)[O-])c(Br)c1. The Morgan fingerprint density at radius 3 is 2.63 bits per heavy atom. The molecule has 0 amide bonds. The number of ether oxygens (including phenoxy) is 1. The molecule has 1 aromatic heterocycles. The van der Waals surface area contributed by atoms with Gasteiger partial charge >= 0.3 is 5.69 Å². The van der Waals surface area contributed by atoms with E-state index >= 15 is 0 Å². The number of nitrogens with zero attached hydrogens (tertiary/aromatic N) is 2. The fourth-order valence-electron chi connectivity index (χ4n) is 1.44. The molecule has 0 saturated carbocycles. The van der Waals surface area contributed by atoms with Gasteiger partial charge in [0.25, 0.3) is 0 Å². The summed E-state index contributed by atoms with van der Waals surface area (Å²) in [5.74, 6) is 0.630. The molecular weight excluding hydrogens is 380 g/mol. The second-order valence-electron chi connectivity index (χ2n) is 3.76. The van der Waals surface area contributed by atoms with E-state index in [1.54, 1.807) is 6.07 Å². The highest BCUT2D eigenvalue weighted by Gasteiger charge is 2.20. The van der Waals surface area contributed by atoms with Gasteiger partial charge in [-0.2, -0.15) is 0 Å². The molecule has 2 aromatic rings. The maximum atomic E-state index is 11.0. The van der Waals surface area contributed by atoms with Gasteiger partial charge in [-0.25, -0.2) is 0 Å². The van der Waals surface area contributed by atoms with Gasteiger partial charge in [-0.05, 0) is 56.5 Å². The first kappa shape index (κ1) is 14.0. The Bertz CT molecular complexity index is 647. The quantitative estimate of drug-likeness (QED) is 0.569. The number of hydrogen-bond acceptors (Lipinski definition) is 4. The minimum absolute atomic E-state index is 0.129. The van der Waals surface area contributed by atoms with E-state index in [1.165, 1.54) is 6.20 Å². The van der Waals surface area contributed by atoms with Gasteiger partial charge in [0.15, 0.2) is 0 Å². The lowest BCUT2D eigenvalue weighted by Gasteiger charge is -2.09. The molecule has 0 aliphatic carbocycles. The molecule has 2 rings (SSSR count). The van der Waals surface area contributed by atoms with Crippen molar-refractivity contribution in [3.8, 4) is 11.5 Å². The third-order valence-corrected chi connectivity index (χ3v) is 3.51. The summed E-state index contributed by atoms with van der Waals surface area (Å²) in [7, 11) is 0. The fraction of sp³-hybridized carbons (Fsp3) is 0.0833. The zero-order chi connectivity index (χ0) is 14.0. The van der Waals surface area contributed by atoms with Crippen molar-refractivity contribution in [2.75, 3.05) is 0 Å². The Morgan fingerprint density at radius 2 is 2.00 bits per heavy atom. The van der Waals surface area contributed by atoms with Crippen molar-refractivity contribution in [2.45, 2.75) is 6.92 Å². The molecule has 0 unspecified atom stereocenters. The van der Waals surface area contributed by atoms with Crippen molar-refractivity contribution in [3.63, 3.8) is 0 Å². The van der Waals surface area contributed by atoms with Crippen molar-refractivity contribution in [1.82, 2.24) is 4.98 Å². The Balaban J connectivity index is 2.46. The first-order valence-electron chi connectivity index (χ1n) is 5.21. The molecule has 98 valence electrons. The summed E-state index contributed by atoms with van der Waals surface area (Å²) in [5.41, 5.74) is 0.865. The largest absolute Gasteiger partial charge is 0.448 e. The number of aromatic nitrogens is 1. The van der Waals surface area contributed by atoms with Crippen LogP contribution in [0.25, 0.3) is 0 Å². The van der Waals surface area contributed by atoms with E-state index in [4.69, 9.17) is 4.74 Å². The van der Waals surface area contributed by atoms with Crippen LogP contribution in [0.4, 0.5) is 5.69 Å². The van der Waals surface area contributed by atoms with E-state index in [2.05, 4.69) is 36.8 Å². The Kier molecular flexibility index (Phi) is 4.16. The summed E-state index contributed by atoms with van der Waals surface area (Å²) >= 11 is 6.57. The second-order valence-corrected chi connectivity index (χ2v) is 5.47. The summed E-state index contributed by atoms with van der Waals surface area (Å²) in [6.45, 7) is 1.94. The fourth-order valence-corrected chi connectivity index (χ4v) is 2.42. The first-order valence-corrected chi connectivity index (χ1v) is 6.79. The van der Waals surface area contributed by atoms with Crippen LogP contribution in [0.15, 0.2) is 39.5 Å². The molecule has 0 atom stereocenters. The number of aryl methyl sites for hydroxylation is 1. The average molecular weight is 388 g/mol. The zero-order valence-electron chi connectivity index (χ0n) is 9.76. The van der Waals surface area contributed by atoms with Crippen LogP contribution < -0.4 is 4.74 Å². The number of nitro groups is 1. The van der Waals surface area contributed by atoms with Crippen molar-refractivity contribution in [2.24, 2.45) is 0 Å². The van der Waals surface area contributed by atoms with Crippen LogP contribution in [-0.2, 0) is 0 Å². The lowest BCUT2D eigenvalue weighted by molar-refractivity contribution is -0.386. The van der Waals surface area contributed by atoms with Crippen LogP contribution >= 0.6 is 31.9 Å². The normalized spacial score (nSPS) is 10.3. The van der Waals surface area contributed by atoms with Crippen molar-refractivity contribution >= 4 is 37.5 Å². The predicted octanol–water partition coefficient (Wildman–Crippen LogP) is 4.62. The van der Waals surface area contributed by atoms with Gasteiger partial charge in [-0.1, -0.05) is 6.07 Å². The van der Waals surface area contributed by atoms with Gasteiger partial charge in [-0.3, -0.25) is 15.1 Å². The molecule has 0 spiro atoms. The van der Waals surface area contributed by atoms with Gasteiger partial charge in [0.2, 0.25) is 5.75 Å². The highest BCUT2D eigenvalue weighted by Crippen LogP contribution is 2.39. The van der Waals surface area contributed by atoms with Crippen LogP contribution in [0.1, 0.15) is 5.56 Å². The number of halogens is 2. The third kappa shape index (κ3) is 3.10. The Morgan fingerprint density at radius 1 is 1.26 bits per heavy atom. The molecule has 1 heterocycles. The van der Waals surface area contributed by atoms with Crippen molar-refractivity contribution in [1.29, 1.82) is 0 Å². The highest BCUT2D eigenvalue weighted by molar-refractivity contribution is 9.11. The highest BCUT2D eigenvalue weighted by atomic mass is 79.9. The smallest absolute Gasteiger partial charge is 0.330 e. The molecule has 0 saturated heterocycles. The monoisotopic (exact) mass is 386 g/mol. The number of rotatable bonds is 3. The molecule has 0 aliphatic rings. The van der Waals surface area contributed by atoms with Gasteiger partial charge in [0.1, 0.15) is 11.9 Å². The Labute approximate surface area is 126 Å². The second kappa shape index (κ2) is 5.66. The number of benzene rings is 1. The van der Waals surface area contributed by atoms with Crippen LogP contribution in [0.3, 0.4) is 0 Å². The zero-order valence-corrected chi connectivity index (χ0v) is 12.9. The minimum atomic E-state index is -0.533. The van der Waals surface area contributed by atoms with Crippen LogP contribution in [-0.4, -0.2) is 9.91 Å². The molecule has 0 N–H and O–H groups in total.